The van der Waals surface area contributed by atoms with Gasteiger partial charge in [0.15, 0.2) is 0 Å². The Morgan fingerprint density at radius 2 is 1.21 bits per heavy atom. The van der Waals surface area contributed by atoms with Crippen LogP contribution >= 0.6 is 0 Å². The van der Waals surface area contributed by atoms with Gasteiger partial charge in [0.05, 0.1) is 0 Å². The average Bonchev–Trinajstić information content (AvgIpc) is 2.62. The third-order valence-electron chi connectivity index (χ3n) is 2.55. The molecule has 19 heavy (non-hydrogen) atoms. The summed E-state index contributed by atoms with van der Waals surface area (Å²) < 4.78 is 9.79. The molecule has 0 aromatic heterocycles. The van der Waals surface area contributed by atoms with Crippen LogP contribution in [-0.4, -0.2) is 46.3 Å². The fourth-order valence-corrected chi connectivity index (χ4v) is 1.83. The van der Waals surface area contributed by atoms with Crippen LogP contribution in [0.15, 0.2) is 0 Å². The molecular weight excluding hydrogens is 260 g/mol. The first kappa shape index (κ1) is 14.9. The summed E-state index contributed by atoms with van der Waals surface area (Å²) in [5.74, 6) is -4.41. The van der Waals surface area contributed by atoms with Gasteiger partial charge in [0.1, 0.15) is 25.0 Å². The van der Waals surface area contributed by atoms with Crippen LogP contribution in [0, 0.1) is 0 Å². The molecule has 0 saturated heterocycles. The third-order valence-corrected chi connectivity index (χ3v) is 2.55. The largest absolute Gasteiger partial charge is 0.481 e. The van der Waals surface area contributed by atoms with E-state index in [0.29, 0.717) is 19.3 Å². The van der Waals surface area contributed by atoms with E-state index >= 15 is 0 Å². The van der Waals surface area contributed by atoms with Crippen molar-refractivity contribution < 1.29 is 38.9 Å². The van der Waals surface area contributed by atoms with E-state index in [0.717, 1.165) is 0 Å². The zero-order valence-corrected chi connectivity index (χ0v) is 10.0. The first-order chi connectivity index (χ1) is 8.88. The van der Waals surface area contributed by atoms with Crippen LogP contribution in [0.3, 0.4) is 0 Å². The normalized spacial score (nSPS) is 21.7. The Kier molecular flexibility index (Phi) is 5.28. The van der Waals surface area contributed by atoms with Gasteiger partial charge >= 0.3 is 23.9 Å². The van der Waals surface area contributed by atoms with Crippen LogP contribution in [0.1, 0.15) is 32.1 Å². The smallest absolute Gasteiger partial charge is 0.317 e. The Balaban J connectivity index is 2.45. The molecule has 1 aliphatic rings. The number of ether oxygens (including phenoxy) is 2. The molecule has 8 nitrogen and oxygen atoms in total. The van der Waals surface area contributed by atoms with Gasteiger partial charge in [0.2, 0.25) is 0 Å². The lowest BCUT2D eigenvalue weighted by molar-refractivity contribution is -0.169. The van der Waals surface area contributed by atoms with E-state index in [4.69, 9.17) is 19.7 Å². The van der Waals surface area contributed by atoms with Crippen molar-refractivity contribution in [1.82, 2.24) is 0 Å². The molecule has 2 unspecified atom stereocenters. The molecule has 8 heteroatoms. The minimum Gasteiger partial charge on any atom is -0.481 e. The van der Waals surface area contributed by atoms with Crippen LogP contribution in [0.5, 0.6) is 0 Å². The van der Waals surface area contributed by atoms with Gasteiger partial charge in [-0.05, 0) is 19.3 Å². The quantitative estimate of drug-likeness (QED) is 0.509. The van der Waals surface area contributed by atoms with Crippen molar-refractivity contribution in [3.63, 3.8) is 0 Å². The number of carboxylic acids is 2. The zero-order valence-electron chi connectivity index (χ0n) is 10.0. The molecule has 0 spiro atoms. The predicted molar refractivity (Wildman–Crippen MR) is 58.1 cm³/mol. The van der Waals surface area contributed by atoms with Crippen LogP contribution in [0.2, 0.25) is 0 Å². The summed E-state index contributed by atoms with van der Waals surface area (Å²) >= 11 is 0. The van der Waals surface area contributed by atoms with Crippen LogP contribution < -0.4 is 0 Å². The molecule has 0 aromatic rings. The molecule has 1 aliphatic carbocycles. The van der Waals surface area contributed by atoms with E-state index < -0.39 is 48.9 Å². The number of hydrogen-bond acceptors (Lipinski definition) is 6. The molecule has 0 bridgehead atoms. The fraction of sp³-hybridized carbons (Fsp3) is 0.636. The second-order valence-corrected chi connectivity index (χ2v) is 4.13. The van der Waals surface area contributed by atoms with Crippen molar-refractivity contribution >= 4 is 23.9 Å². The highest BCUT2D eigenvalue weighted by Gasteiger charge is 2.34. The number of carbonyl (C=O) groups is 4. The van der Waals surface area contributed by atoms with Crippen molar-refractivity contribution in [3.8, 4) is 0 Å². The number of rotatable bonds is 6. The number of aliphatic carboxylic acids is 2. The minimum absolute atomic E-state index is 0.455. The summed E-state index contributed by atoms with van der Waals surface area (Å²) in [6.07, 6.45) is -1.37. The van der Waals surface area contributed by atoms with Crippen LogP contribution in [0.25, 0.3) is 0 Å². The predicted octanol–water partition coefficient (Wildman–Crippen LogP) is -0.0567. The lowest BCUT2D eigenvalue weighted by Crippen LogP contribution is -2.31. The standard InChI is InChI=1S/C11H14O8/c12-8(13)4-10(16)18-6-2-1-3-7(6)19-11(17)5-9(14)15/h6-7H,1-5H2,(H,12,13)(H,14,15). The molecule has 0 aliphatic heterocycles. The Morgan fingerprint density at radius 1 is 0.842 bits per heavy atom. The average molecular weight is 274 g/mol. The van der Waals surface area contributed by atoms with Crippen molar-refractivity contribution in [1.29, 1.82) is 0 Å². The van der Waals surface area contributed by atoms with E-state index in [1.54, 1.807) is 0 Å². The van der Waals surface area contributed by atoms with E-state index in [1.165, 1.54) is 0 Å². The first-order valence-electron chi connectivity index (χ1n) is 5.71. The van der Waals surface area contributed by atoms with Crippen molar-refractivity contribution in [2.24, 2.45) is 0 Å². The van der Waals surface area contributed by atoms with E-state index in [-0.39, 0.29) is 0 Å². The molecule has 0 aromatic carbocycles. The second kappa shape index (κ2) is 6.72. The lowest BCUT2D eigenvalue weighted by atomic mass is 10.2. The number of carbonyl (C=O) groups excluding carboxylic acids is 2. The van der Waals surface area contributed by atoms with Gasteiger partial charge in [-0.15, -0.1) is 0 Å². The Bertz CT molecular complexity index is 352. The summed E-state index contributed by atoms with van der Waals surface area (Å²) in [4.78, 5) is 43.0. The molecular formula is C11H14O8. The van der Waals surface area contributed by atoms with E-state index in [9.17, 15) is 19.2 Å². The zero-order chi connectivity index (χ0) is 14.4. The summed E-state index contributed by atoms with van der Waals surface area (Å²) in [5.41, 5.74) is 0. The van der Waals surface area contributed by atoms with Gasteiger partial charge in [-0.25, -0.2) is 0 Å². The van der Waals surface area contributed by atoms with Gasteiger partial charge in [-0.2, -0.15) is 0 Å². The second-order valence-electron chi connectivity index (χ2n) is 4.13. The highest BCUT2D eigenvalue weighted by molar-refractivity contribution is 5.90. The number of carboxylic acid groups (broad SMARTS) is 2. The van der Waals surface area contributed by atoms with Crippen LogP contribution in [-0.2, 0) is 28.7 Å². The maximum Gasteiger partial charge on any atom is 0.317 e. The Hall–Kier alpha value is -2.12. The third kappa shape index (κ3) is 5.36. The first-order valence-corrected chi connectivity index (χ1v) is 5.71. The Labute approximate surface area is 108 Å². The van der Waals surface area contributed by atoms with E-state index in [1.807, 2.05) is 0 Å². The van der Waals surface area contributed by atoms with Gasteiger partial charge in [0, 0.05) is 0 Å². The summed E-state index contributed by atoms with van der Waals surface area (Å²) in [6, 6.07) is 0. The van der Waals surface area contributed by atoms with Crippen molar-refractivity contribution in [3.05, 3.63) is 0 Å². The van der Waals surface area contributed by atoms with E-state index in [2.05, 4.69) is 0 Å². The van der Waals surface area contributed by atoms with Gasteiger partial charge in [-0.1, -0.05) is 0 Å². The summed E-state index contributed by atoms with van der Waals surface area (Å²) in [7, 11) is 0. The number of esters is 2. The maximum absolute atomic E-state index is 11.2. The fourth-order valence-electron chi connectivity index (χ4n) is 1.83. The van der Waals surface area contributed by atoms with Gasteiger partial charge < -0.3 is 19.7 Å². The molecule has 0 amide bonds. The van der Waals surface area contributed by atoms with Crippen molar-refractivity contribution in [2.45, 2.75) is 44.3 Å². The lowest BCUT2D eigenvalue weighted by Gasteiger charge is -2.19. The highest BCUT2D eigenvalue weighted by Crippen LogP contribution is 2.25. The van der Waals surface area contributed by atoms with Crippen LogP contribution in [0.4, 0.5) is 0 Å². The summed E-state index contributed by atoms with van der Waals surface area (Å²) in [5, 5.41) is 16.8. The van der Waals surface area contributed by atoms with Crippen molar-refractivity contribution in [2.75, 3.05) is 0 Å². The molecule has 106 valence electrons. The molecule has 0 heterocycles. The number of hydrogen-bond donors (Lipinski definition) is 2. The van der Waals surface area contributed by atoms with Gasteiger partial charge in [0.25, 0.3) is 0 Å². The molecule has 2 N–H and O–H groups in total. The highest BCUT2D eigenvalue weighted by atomic mass is 16.6. The monoisotopic (exact) mass is 274 g/mol. The topological polar surface area (TPSA) is 127 Å². The Morgan fingerprint density at radius 3 is 1.53 bits per heavy atom. The molecule has 1 fully saturated rings. The molecule has 0 radical (unpaired) electrons. The molecule has 1 saturated carbocycles. The SMILES string of the molecule is O=C(O)CC(=O)OC1CCCC1OC(=O)CC(=O)O. The minimum atomic E-state index is -1.30. The van der Waals surface area contributed by atoms with Gasteiger partial charge in [-0.3, -0.25) is 19.2 Å². The molecule has 2 atom stereocenters. The maximum atomic E-state index is 11.2. The molecule has 1 rings (SSSR count). The summed E-state index contributed by atoms with van der Waals surface area (Å²) in [6.45, 7) is 0.